The molecule has 0 heterocycles. The van der Waals surface area contributed by atoms with Gasteiger partial charge < -0.3 is 0 Å². The summed E-state index contributed by atoms with van der Waals surface area (Å²) < 4.78 is 0.504. The molecule has 3 atom stereocenters. The SMILES string of the molecule is CCCCCC(CC)SC(CC)(CC)C(CC)CCC(CC)S(C)(C)C1CCCCC1. The number of hydrogen-bond acceptors (Lipinski definition) is 1. The maximum Gasteiger partial charge on any atom is 0.0185 e. The highest BCUT2D eigenvalue weighted by Gasteiger charge is 2.38. The van der Waals surface area contributed by atoms with Gasteiger partial charge in [-0.2, -0.15) is 11.8 Å². The first kappa shape index (κ1) is 29.7. The van der Waals surface area contributed by atoms with E-state index in [1.54, 1.807) is 0 Å². The third-order valence-electron chi connectivity index (χ3n) is 8.98. The van der Waals surface area contributed by atoms with Crippen LogP contribution in [0.1, 0.15) is 144 Å². The summed E-state index contributed by atoms with van der Waals surface area (Å²) in [6.45, 7) is 14.7. The van der Waals surface area contributed by atoms with E-state index in [1.807, 2.05) is 0 Å². The molecule has 1 rings (SSSR count). The number of hydrogen-bond donors (Lipinski definition) is 0. The van der Waals surface area contributed by atoms with Crippen molar-refractivity contribution in [2.75, 3.05) is 12.5 Å². The van der Waals surface area contributed by atoms with E-state index in [1.165, 1.54) is 103 Å². The zero-order valence-corrected chi connectivity index (χ0v) is 24.6. The van der Waals surface area contributed by atoms with Crippen molar-refractivity contribution in [2.45, 2.75) is 165 Å². The molecule has 2 heteroatoms. The summed E-state index contributed by atoms with van der Waals surface area (Å²) in [6.07, 6.45) is 28.4. The summed E-state index contributed by atoms with van der Waals surface area (Å²) in [5.74, 6) is 0.892. The minimum atomic E-state index is -0.486. The Morgan fingerprint density at radius 2 is 1.42 bits per heavy atom. The van der Waals surface area contributed by atoms with Crippen LogP contribution in [0.15, 0.2) is 0 Å². The molecule has 1 aliphatic rings. The smallest absolute Gasteiger partial charge is 0.0185 e. The molecule has 0 N–H and O–H groups in total. The number of thioether (sulfide) groups is 1. The largest absolute Gasteiger partial charge is 0.241 e. The zero-order chi connectivity index (χ0) is 23.3. The zero-order valence-electron chi connectivity index (χ0n) is 22.9. The second-order valence-electron chi connectivity index (χ2n) is 10.9. The Hall–Kier alpha value is 0.700. The molecular weight excluding hydrogens is 412 g/mol. The van der Waals surface area contributed by atoms with E-state index in [9.17, 15) is 0 Å². The molecule has 188 valence electrons. The second kappa shape index (κ2) is 15.6. The molecule has 31 heavy (non-hydrogen) atoms. The highest BCUT2D eigenvalue weighted by atomic mass is 32.3. The van der Waals surface area contributed by atoms with Gasteiger partial charge in [0.15, 0.2) is 0 Å². The van der Waals surface area contributed by atoms with Gasteiger partial charge in [-0.3, -0.25) is 0 Å². The molecule has 1 saturated carbocycles. The van der Waals surface area contributed by atoms with Gasteiger partial charge in [0.1, 0.15) is 0 Å². The molecule has 3 unspecified atom stereocenters. The van der Waals surface area contributed by atoms with Crippen LogP contribution in [-0.4, -0.2) is 33.0 Å². The van der Waals surface area contributed by atoms with E-state index in [0.717, 1.165) is 21.7 Å². The Kier molecular flexibility index (Phi) is 14.9. The first-order valence-electron chi connectivity index (χ1n) is 14.2. The summed E-state index contributed by atoms with van der Waals surface area (Å²) in [7, 11) is -0.486. The molecule has 0 spiro atoms. The fraction of sp³-hybridized carbons (Fsp3) is 1.00. The average molecular weight is 473 g/mol. The summed E-state index contributed by atoms with van der Waals surface area (Å²) in [5, 5.41) is 2.89. The number of unbranched alkanes of at least 4 members (excludes halogenated alkanes) is 2. The van der Waals surface area contributed by atoms with E-state index in [4.69, 9.17) is 0 Å². The van der Waals surface area contributed by atoms with Crippen LogP contribution in [0.5, 0.6) is 0 Å². The van der Waals surface area contributed by atoms with Crippen LogP contribution in [0.4, 0.5) is 0 Å². The van der Waals surface area contributed by atoms with Crippen LogP contribution in [0.25, 0.3) is 0 Å². The first-order valence-corrected chi connectivity index (χ1v) is 17.7. The standard InChI is InChI=1S/C29H60S2/c1-9-15-17-20-26(11-3)30-29(13-5,14-6)25(10-2)23-24-27(12-4)31(7,8)28-21-18-16-19-22-28/h25-28H,9-24H2,1-8H3. The molecule has 0 amide bonds. The Balaban J connectivity index is 2.85. The van der Waals surface area contributed by atoms with Gasteiger partial charge in [-0.15, -0.1) is 0 Å². The summed E-state index contributed by atoms with van der Waals surface area (Å²) in [4.78, 5) is 0. The van der Waals surface area contributed by atoms with Gasteiger partial charge in [0, 0.05) is 10.00 Å². The van der Waals surface area contributed by atoms with Crippen molar-refractivity contribution in [3.8, 4) is 0 Å². The first-order chi connectivity index (χ1) is 14.8. The van der Waals surface area contributed by atoms with Gasteiger partial charge in [-0.25, -0.2) is 10.0 Å². The van der Waals surface area contributed by atoms with Crippen LogP contribution in [0.2, 0.25) is 0 Å². The van der Waals surface area contributed by atoms with Crippen LogP contribution < -0.4 is 0 Å². The molecule has 1 aliphatic carbocycles. The van der Waals surface area contributed by atoms with Gasteiger partial charge in [0.25, 0.3) is 0 Å². The molecule has 0 radical (unpaired) electrons. The molecular formula is C29H60S2. The van der Waals surface area contributed by atoms with Crippen LogP contribution >= 0.6 is 21.8 Å². The molecule has 0 aromatic rings. The van der Waals surface area contributed by atoms with E-state index < -0.39 is 10.0 Å². The normalized spacial score (nSPS) is 19.9. The predicted octanol–water partition coefficient (Wildman–Crippen LogP) is 10.6. The van der Waals surface area contributed by atoms with Gasteiger partial charge in [-0.05, 0) is 86.7 Å². The third-order valence-corrected chi connectivity index (χ3v) is 15.7. The van der Waals surface area contributed by atoms with Gasteiger partial charge in [0.2, 0.25) is 0 Å². The van der Waals surface area contributed by atoms with Crippen LogP contribution in [0, 0.1) is 5.92 Å². The lowest BCUT2D eigenvalue weighted by Crippen LogP contribution is -2.36. The highest BCUT2D eigenvalue weighted by molar-refractivity contribution is 8.33. The van der Waals surface area contributed by atoms with E-state index in [2.05, 4.69) is 65.8 Å². The lowest BCUT2D eigenvalue weighted by atomic mass is 9.81. The van der Waals surface area contributed by atoms with Crippen LogP contribution in [-0.2, 0) is 0 Å². The summed E-state index contributed by atoms with van der Waals surface area (Å²) >= 11 is 2.42. The maximum atomic E-state index is 2.71. The van der Waals surface area contributed by atoms with Crippen molar-refractivity contribution in [1.82, 2.24) is 0 Å². The molecule has 0 nitrogen and oxygen atoms in total. The Morgan fingerprint density at radius 1 is 0.774 bits per heavy atom. The molecule has 0 aliphatic heterocycles. The fourth-order valence-electron chi connectivity index (χ4n) is 6.50. The highest BCUT2D eigenvalue weighted by Crippen LogP contribution is 2.58. The minimum Gasteiger partial charge on any atom is -0.241 e. The number of rotatable bonds is 17. The van der Waals surface area contributed by atoms with Crippen molar-refractivity contribution < 1.29 is 0 Å². The quantitative estimate of drug-likeness (QED) is 0.190. The topological polar surface area (TPSA) is 0 Å². The van der Waals surface area contributed by atoms with Crippen molar-refractivity contribution >= 4 is 21.8 Å². The molecule has 1 fully saturated rings. The van der Waals surface area contributed by atoms with Gasteiger partial charge >= 0.3 is 0 Å². The molecule has 0 aromatic carbocycles. The monoisotopic (exact) mass is 472 g/mol. The maximum absolute atomic E-state index is 2.71. The molecule has 0 saturated heterocycles. The predicted molar refractivity (Wildman–Crippen MR) is 153 cm³/mol. The average Bonchev–Trinajstić information content (AvgIpc) is 2.80. The van der Waals surface area contributed by atoms with Gasteiger partial charge in [-0.1, -0.05) is 86.5 Å². The van der Waals surface area contributed by atoms with Crippen molar-refractivity contribution in [3.05, 3.63) is 0 Å². The minimum absolute atomic E-state index is 0.486. The van der Waals surface area contributed by atoms with Crippen molar-refractivity contribution in [3.63, 3.8) is 0 Å². The Morgan fingerprint density at radius 3 is 1.90 bits per heavy atom. The van der Waals surface area contributed by atoms with E-state index >= 15 is 0 Å². The molecule has 0 aromatic heterocycles. The lowest BCUT2D eigenvalue weighted by molar-refractivity contribution is 0.314. The van der Waals surface area contributed by atoms with Crippen molar-refractivity contribution in [1.29, 1.82) is 0 Å². The van der Waals surface area contributed by atoms with E-state index in [-0.39, 0.29) is 0 Å². The third kappa shape index (κ3) is 8.77. The lowest BCUT2D eigenvalue weighted by Gasteiger charge is -2.49. The van der Waals surface area contributed by atoms with Crippen molar-refractivity contribution in [2.24, 2.45) is 5.92 Å². The summed E-state index contributed by atoms with van der Waals surface area (Å²) in [6, 6.07) is 0. The molecule has 0 bridgehead atoms. The van der Waals surface area contributed by atoms with E-state index in [0.29, 0.717) is 4.75 Å². The second-order valence-corrected chi connectivity index (χ2v) is 16.9. The summed E-state index contributed by atoms with van der Waals surface area (Å²) in [5.41, 5.74) is 0. The Bertz CT molecular complexity index is 434. The van der Waals surface area contributed by atoms with Crippen LogP contribution in [0.3, 0.4) is 0 Å². The Labute approximate surface area is 204 Å². The fourth-order valence-corrected chi connectivity index (χ4v) is 12.1. The van der Waals surface area contributed by atoms with Gasteiger partial charge in [0.05, 0.1) is 0 Å².